The summed E-state index contributed by atoms with van der Waals surface area (Å²) in [7, 11) is 0. The van der Waals surface area contributed by atoms with Crippen molar-refractivity contribution in [3.05, 3.63) is 28.3 Å². The minimum absolute atomic E-state index is 0.0533. The summed E-state index contributed by atoms with van der Waals surface area (Å²) < 4.78 is 5.58. The van der Waals surface area contributed by atoms with Crippen molar-refractivity contribution in [2.75, 3.05) is 6.61 Å². The molecule has 4 nitrogen and oxygen atoms in total. The second kappa shape index (κ2) is 5.16. The molecule has 0 radical (unpaired) electrons. The largest absolute Gasteiger partial charge is 0.492 e. The summed E-state index contributed by atoms with van der Waals surface area (Å²) in [5.41, 5.74) is 7.73. The van der Waals surface area contributed by atoms with Crippen molar-refractivity contribution >= 4 is 17.5 Å². The van der Waals surface area contributed by atoms with Gasteiger partial charge >= 0.3 is 0 Å². The Labute approximate surface area is 111 Å². The number of fused-ring (bicyclic) bond motifs is 1. The number of carbonyl (C=O) groups is 1. The summed E-state index contributed by atoms with van der Waals surface area (Å²) in [5, 5.41) is 3.46. The van der Waals surface area contributed by atoms with Crippen molar-refractivity contribution < 1.29 is 9.53 Å². The van der Waals surface area contributed by atoms with E-state index in [1.54, 1.807) is 0 Å². The van der Waals surface area contributed by atoms with Crippen LogP contribution in [0.5, 0.6) is 5.75 Å². The second-order valence-corrected chi connectivity index (χ2v) is 5.01. The van der Waals surface area contributed by atoms with Gasteiger partial charge in [0.15, 0.2) is 0 Å². The molecule has 0 spiro atoms. The van der Waals surface area contributed by atoms with Gasteiger partial charge in [0.25, 0.3) is 0 Å². The van der Waals surface area contributed by atoms with Crippen LogP contribution in [0.15, 0.2) is 12.1 Å². The van der Waals surface area contributed by atoms with Crippen LogP contribution in [0, 0.1) is 0 Å². The molecule has 1 amide bonds. The minimum atomic E-state index is -0.104. The van der Waals surface area contributed by atoms with Crippen LogP contribution < -0.4 is 15.8 Å². The van der Waals surface area contributed by atoms with Gasteiger partial charge in [-0.2, -0.15) is 0 Å². The zero-order valence-corrected chi connectivity index (χ0v) is 11.3. The van der Waals surface area contributed by atoms with Crippen LogP contribution in [0.3, 0.4) is 0 Å². The highest BCUT2D eigenvalue weighted by Crippen LogP contribution is 2.39. The molecule has 1 aromatic carbocycles. The number of amides is 1. The lowest BCUT2D eigenvalue weighted by Gasteiger charge is -2.28. The molecule has 0 fully saturated rings. The number of halogens is 1. The third-order valence-corrected chi connectivity index (χ3v) is 3.31. The number of nitrogens with two attached hydrogens (primary N) is 1. The summed E-state index contributed by atoms with van der Waals surface area (Å²) in [6.07, 6.45) is 0.741. The molecule has 5 heteroatoms. The maximum atomic E-state index is 11.2. The van der Waals surface area contributed by atoms with Gasteiger partial charge in [-0.15, -0.1) is 0 Å². The zero-order chi connectivity index (χ0) is 13.3. The van der Waals surface area contributed by atoms with Gasteiger partial charge in [0.1, 0.15) is 5.75 Å². The van der Waals surface area contributed by atoms with Crippen molar-refractivity contribution in [3.63, 3.8) is 0 Å². The molecular formula is C13H17ClN2O2. The van der Waals surface area contributed by atoms with Gasteiger partial charge in [-0.05, 0) is 24.6 Å². The van der Waals surface area contributed by atoms with E-state index in [0.717, 1.165) is 17.5 Å². The summed E-state index contributed by atoms with van der Waals surface area (Å²) in [6, 6.07) is 3.63. The molecule has 98 valence electrons. The second-order valence-electron chi connectivity index (χ2n) is 4.60. The fourth-order valence-electron chi connectivity index (χ4n) is 2.14. The zero-order valence-electron chi connectivity index (χ0n) is 10.5. The predicted molar refractivity (Wildman–Crippen MR) is 70.7 cm³/mol. The number of hydrogen-bond donors (Lipinski definition) is 2. The van der Waals surface area contributed by atoms with E-state index >= 15 is 0 Å². The van der Waals surface area contributed by atoms with Gasteiger partial charge in [-0.25, -0.2) is 0 Å². The Bertz CT molecular complexity index is 474. The van der Waals surface area contributed by atoms with Crippen molar-refractivity contribution in [2.24, 2.45) is 5.73 Å². The van der Waals surface area contributed by atoms with E-state index in [9.17, 15) is 4.79 Å². The summed E-state index contributed by atoms with van der Waals surface area (Å²) in [5.74, 6) is 0.598. The summed E-state index contributed by atoms with van der Waals surface area (Å²) >= 11 is 6.20. The highest BCUT2D eigenvalue weighted by atomic mass is 35.5. The first kappa shape index (κ1) is 13.2. The van der Waals surface area contributed by atoms with Crippen molar-refractivity contribution in [1.82, 2.24) is 5.32 Å². The Kier molecular flexibility index (Phi) is 3.78. The molecule has 0 aromatic heterocycles. The van der Waals surface area contributed by atoms with Crippen molar-refractivity contribution in [2.45, 2.75) is 32.4 Å². The molecule has 0 saturated heterocycles. The fourth-order valence-corrected chi connectivity index (χ4v) is 2.43. The molecule has 0 bridgehead atoms. The maximum Gasteiger partial charge on any atom is 0.217 e. The first-order valence-electron chi connectivity index (χ1n) is 5.98. The van der Waals surface area contributed by atoms with E-state index in [2.05, 4.69) is 5.32 Å². The molecule has 2 atom stereocenters. The van der Waals surface area contributed by atoms with E-state index in [1.807, 2.05) is 19.1 Å². The number of benzene rings is 1. The lowest BCUT2D eigenvalue weighted by Crippen LogP contribution is -2.30. The van der Waals surface area contributed by atoms with E-state index in [4.69, 9.17) is 22.1 Å². The lowest BCUT2D eigenvalue weighted by atomic mass is 9.96. The highest BCUT2D eigenvalue weighted by Gasteiger charge is 2.25. The molecule has 1 aliphatic heterocycles. The topological polar surface area (TPSA) is 64.3 Å². The molecule has 2 rings (SSSR count). The Balaban J connectivity index is 2.44. The average molecular weight is 269 g/mol. The molecule has 0 saturated carbocycles. The standard InChI is InChI=1S/C13H17ClN2O2/c1-7(15)9-5-10-12(16-8(2)17)3-4-18-13(10)11(14)6-9/h5-7,12H,3-4,15H2,1-2H3,(H,16,17). The maximum absolute atomic E-state index is 11.2. The van der Waals surface area contributed by atoms with Gasteiger partial charge in [0.05, 0.1) is 17.7 Å². The third kappa shape index (κ3) is 2.60. The van der Waals surface area contributed by atoms with Gasteiger partial charge in [0.2, 0.25) is 5.91 Å². The van der Waals surface area contributed by atoms with Gasteiger partial charge in [-0.1, -0.05) is 11.6 Å². The van der Waals surface area contributed by atoms with Gasteiger partial charge in [0, 0.05) is 24.9 Å². The van der Waals surface area contributed by atoms with E-state index in [0.29, 0.717) is 17.4 Å². The van der Waals surface area contributed by atoms with Crippen molar-refractivity contribution in [1.29, 1.82) is 0 Å². The Morgan fingerprint density at radius 1 is 1.61 bits per heavy atom. The Morgan fingerprint density at radius 2 is 2.33 bits per heavy atom. The average Bonchev–Trinajstić information content (AvgIpc) is 2.29. The first-order valence-corrected chi connectivity index (χ1v) is 6.35. The molecule has 3 N–H and O–H groups in total. The van der Waals surface area contributed by atoms with Crippen LogP contribution in [-0.4, -0.2) is 12.5 Å². The van der Waals surface area contributed by atoms with Crippen LogP contribution in [0.2, 0.25) is 5.02 Å². The van der Waals surface area contributed by atoms with Gasteiger partial charge < -0.3 is 15.8 Å². The fraction of sp³-hybridized carbons (Fsp3) is 0.462. The Hall–Kier alpha value is -1.26. The smallest absolute Gasteiger partial charge is 0.217 e. The van der Waals surface area contributed by atoms with E-state index in [-0.39, 0.29) is 18.0 Å². The number of ether oxygens (including phenoxy) is 1. The van der Waals surface area contributed by atoms with Crippen LogP contribution in [0.1, 0.15) is 43.5 Å². The molecule has 1 aromatic rings. The van der Waals surface area contributed by atoms with E-state index < -0.39 is 0 Å². The molecular weight excluding hydrogens is 252 g/mol. The van der Waals surface area contributed by atoms with Gasteiger partial charge in [-0.3, -0.25) is 4.79 Å². The van der Waals surface area contributed by atoms with Crippen LogP contribution >= 0.6 is 11.6 Å². The SMILES string of the molecule is CC(=O)NC1CCOc2c(Cl)cc(C(C)N)cc21. The highest BCUT2D eigenvalue weighted by molar-refractivity contribution is 6.32. The molecule has 1 aliphatic rings. The Morgan fingerprint density at radius 3 is 2.94 bits per heavy atom. The number of rotatable bonds is 2. The van der Waals surface area contributed by atoms with E-state index in [1.165, 1.54) is 6.92 Å². The predicted octanol–water partition coefficient (Wildman–Crippen LogP) is 2.32. The van der Waals surface area contributed by atoms with Crippen LogP contribution in [0.4, 0.5) is 0 Å². The first-order chi connectivity index (χ1) is 8.49. The third-order valence-electron chi connectivity index (χ3n) is 3.03. The van der Waals surface area contributed by atoms with Crippen molar-refractivity contribution in [3.8, 4) is 5.75 Å². The summed E-state index contributed by atoms with van der Waals surface area (Å²) in [4.78, 5) is 11.2. The normalized spacial score (nSPS) is 19.7. The number of carbonyl (C=O) groups excluding carboxylic acids is 1. The molecule has 1 heterocycles. The van der Waals surface area contributed by atoms with Crippen LogP contribution in [-0.2, 0) is 4.79 Å². The number of nitrogens with one attached hydrogen (secondary N) is 1. The quantitative estimate of drug-likeness (QED) is 0.865. The lowest BCUT2D eigenvalue weighted by molar-refractivity contribution is -0.119. The molecule has 2 unspecified atom stereocenters. The molecule has 0 aliphatic carbocycles. The number of hydrogen-bond acceptors (Lipinski definition) is 3. The van der Waals surface area contributed by atoms with Crippen LogP contribution in [0.25, 0.3) is 0 Å². The monoisotopic (exact) mass is 268 g/mol. The molecule has 18 heavy (non-hydrogen) atoms. The minimum Gasteiger partial charge on any atom is -0.492 e. The summed E-state index contributed by atoms with van der Waals surface area (Å²) in [6.45, 7) is 3.95.